The highest BCUT2D eigenvalue weighted by Crippen LogP contribution is 2.15. The smallest absolute Gasteiger partial charge is 0.305 e. The summed E-state index contributed by atoms with van der Waals surface area (Å²) in [4.78, 5) is 24.5. The average molecular weight is 898 g/mol. The van der Waals surface area contributed by atoms with E-state index in [2.05, 4.69) is 55.6 Å². The lowest BCUT2D eigenvalue weighted by molar-refractivity contribution is -0.143. The second kappa shape index (κ2) is 53.4. The number of aliphatic hydroxyl groups is 2. The zero-order valence-electron chi connectivity index (χ0n) is 42.5. The molecule has 0 saturated heterocycles. The summed E-state index contributed by atoms with van der Waals surface area (Å²) in [7, 11) is 0. The normalized spacial score (nSPS) is 13.0. The second-order valence-corrected chi connectivity index (χ2v) is 18.9. The van der Waals surface area contributed by atoms with Crippen LogP contribution in [0.25, 0.3) is 0 Å². The Hall–Kier alpha value is -2.18. The van der Waals surface area contributed by atoms with E-state index in [4.69, 9.17) is 4.74 Å². The number of hydrogen-bond acceptors (Lipinski definition) is 5. The van der Waals surface area contributed by atoms with Crippen molar-refractivity contribution in [3.63, 3.8) is 0 Å². The van der Waals surface area contributed by atoms with Gasteiger partial charge in [0.15, 0.2) is 0 Å². The molecular formula is C58H107NO5. The molecule has 0 spiro atoms. The molecule has 0 aromatic heterocycles. The van der Waals surface area contributed by atoms with Gasteiger partial charge in [0.25, 0.3) is 0 Å². The van der Waals surface area contributed by atoms with Crippen LogP contribution in [0.5, 0.6) is 0 Å². The molecule has 0 bridgehead atoms. The highest BCUT2D eigenvalue weighted by Gasteiger charge is 2.18. The van der Waals surface area contributed by atoms with Crippen molar-refractivity contribution in [1.82, 2.24) is 5.32 Å². The van der Waals surface area contributed by atoms with Gasteiger partial charge in [-0.1, -0.05) is 236 Å². The molecule has 0 radical (unpaired) electrons. The van der Waals surface area contributed by atoms with Crippen LogP contribution < -0.4 is 5.32 Å². The van der Waals surface area contributed by atoms with Gasteiger partial charge in [-0.25, -0.2) is 0 Å². The fourth-order valence-electron chi connectivity index (χ4n) is 8.23. The number of nitrogens with one attached hydrogen (secondary N) is 1. The van der Waals surface area contributed by atoms with Crippen molar-refractivity contribution in [2.24, 2.45) is 0 Å². The summed E-state index contributed by atoms with van der Waals surface area (Å²) in [6.45, 7) is 4.84. The first-order valence-electron chi connectivity index (χ1n) is 27.9. The predicted molar refractivity (Wildman–Crippen MR) is 278 cm³/mol. The minimum absolute atomic E-state index is 0.0132. The number of aliphatic hydroxyl groups excluding tert-OH is 2. The van der Waals surface area contributed by atoms with Crippen LogP contribution in [0.3, 0.4) is 0 Å². The van der Waals surface area contributed by atoms with Gasteiger partial charge >= 0.3 is 5.97 Å². The minimum Gasteiger partial charge on any atom is -0.466 e. The van der Waals surface area contributed by atoms with E-state index < -0.39 is 12.1 Å². The molecule has 0 aliphatic rings. The fourth-order valence-corrected chi connectivity index (χ4v) is 8.23. The number of carbonyl (C=O) groups excluding carboxylic acids is 2. The number of carbonyl (C=O) groups is 2. The van der Waals surface area contributed by atoms with E-state index >= 15 is 0 Å². The Bertz CT molecular complexity index is 1080. The lowest BCUT2D eigenvalue weighted by Crippen LogP contribution is -2.45. The zero-order chi connectivity index (χ0) is 46.5. The summed E-state index contributed by atoms with van der Waals surface area (Å²) >= 11 is 0. The first-order chi connectivity index (χ1) is 31.5. The Labute approximate surface area is 397 Å². The third-order valence-corrected chi connectivity index (χ3v) is 12.6. The minimum atomic E-state index is -0.854. The van der Waals surface area contributed by atoms with Crippen molar-refractivity contribution in [2.75, 3.05) is 13.2 Å². The molecule has 0 saturated carbocycles. The van der Waals surface area contributed by atoms with Crippen molar-refractivity contribution >= 4 is 11.9 Å². The molecule has 0 aromatic carbocycles. The summed E-state index contributed by atoms with van der Waals surface area (Å²) in [5.74, 6) is -0.0962. The summed E-state index contributed by atoms with van der Waals surface area (Å²) in [5.41, 5.74) is 0. The zero-order valence-corrected chi connectivity index (χ0v) is 42.5. The monoisotopic (exact) mass is 898 g/mol. The second-order valence-electron chi connectivity index (χ2n) is 18.9. The summed E-state index contributed by atoms with van der Waals surface area (Å²) < 4.78 is 5.46. The topological polar surface area (TPSA) is 95.9 Å². The SMILES string of the molecule is CCCC/C=C\C/C=C\CCCCCCCC(=O)OCCCCCCCCCCC/C=C\CCCCCCCC(=O)NC(CO)C(O)/C=C/CCCCCCCCCCCCCCC. The molecule has 6 heteroatoms. The Morgan fingerprint density at radius 1 is 0.438 bits per heavy atom. The molecule has 0 aromatic rings. The maximum atomic E-state index is 12.4. The van der Waals surface area contributed by atoms with Crippen LogP contribution in [0.4, 0.5) is 0 Å². The molecule has 0 aliphatic carbocycles. The van der Waals surface area contributed by atoms with E-state index in [9.17, 15) is 19.8 Å². The first-order valence-corrected chi connectivity index (χ1v) is 27.9. The van der Waals surface area contributed by atoms with E-state index in [-0.39, 0.29) is 18.5 Å². The van der Waals surface area contributed by atoms with Crippen LogP contribution in [0, 0.1) is 0 Å². The molecule has 374 valence electrons. The summed E-state index contributed by atoms with van der Waals surface area (Å²) in [5, 5.41) is 23.1. The van der Waals surface area contributed by atoms with Crippen LogP contribution in [-0.4, -0.2) is 47.4 Å². The highest BCUT2D eigenvalue weighted by atomic mass is 16.5. The number of ether oxygens (including phenoxy) is 1. The Morgan fingerprint density at radius 2 is 0.797 bits per heavy atom. The maximum absolute atomic E-state index is 12.4. The van der Waals surface area contributed by atoms with Crippen LogP contribution >= 0.6 is 0 Å². The van der Waals surface area contributed by atoms with E-state index in [0.717, 1.165) is 70.6 Å². The van der Waals surface area contributed by atoms with E-state index in [1.807, 2.05) is 6.08 Å². The van der Waals surface area contributed by atoms with Gasteiger partial charge in [-0.15, -0.1) is 0 Å². The Balaban J connectivity index is 3.49. The van der Waals surface area contributed by atoms with Gasteiger partial charge < -0.3 is 20.3 Å². The standard InChI is InChI=1S/C58H107NO5/c1-3-5-7-9-11-13-15-17-23-26-30-34-38-42-46-50-56(61)55(54-60)59-57(62)51-47-43-39-35-31-27-24-21-19-20-22-25-29-33-37-41-45-49-53-64-58(63)52-48-44-40-36-32-28-18-16-14-12-10-8-6-4-2/h10,12,16,18,21,24,46,50,55-56,60-61H,3-9,11,13-15,17,19-20,22-23,25-45,47-49,51-54H2,1-2H3,(H,59,62)/b12-10-,18-16-,24-21-,50-46+. The fraction of sp³-hybridized carbons (Fsp3) is 0.828. The van der Waals surface area contributed by atoms with E-state index in [0.29, 0.717) is 19.4 Å². The van der Waals surface area contributed by atoms with Gasteiger partial charge in [0, 0.05) is 12.8 Å². The largest absolute Gasteiger partial charge is 0.466 e. The van der Waals surface area contributed by atoms with Crippen molar-refractivity contribution < 1.29 is 24.5 Å². The number of unbranched alkanes of at least 4 members (excludes halogenated alkanes) is 34. The average Bonchev–Trinajstić information content (AvgIpc) is 3.29. The summed E-state index contributed by atoms with van der Waals surface area (Å²) in [6.07, 6.45) is 66.9. The quantitative estimate of drug-likeness (QED) is 0.0321. The number of hydrogen-bond donors (Lipinski definition) is 3. The lowest BCUT2D eigenvalue weighted by atomic mass is 10.0. The van der Waals surface area contributed by atoms with E-state index in [1.165, 1.54) is 186 Å². The van der Waals surface area contributed by atoms with Gasteiger partial charge in [0.2, 0.25) is 5.91 Å². The molecule has 0 rings (SSSR count). The molecule has 0 fully saturated rings. The molecule has 1 amide bonds. The third kappa shape index (κ3) is 49.3. The highest BCUT2D eigenvalue weighted by molar-refractivity contribution is 5.76. The molecule has 0 heterocycles. The number of amides is 1. The lowest BCUT2D eigenvalue weighted by Gasteiger charge is -2.20. The van der Waals surface area contributed by atoms with Gasteiger partial charge in [0.05, 0.1) is 25.4 Å². The number of allylic oxidation sites excluding steroid dienone is 7. The van der Waals surface area contributed by atoms with Gasteiger partial charge in [-0.2, -0.15) is 0 Å². The Morgan fingerprint density at radius 3 is 1.25 bits per heavy atom. The molecule has 2 unspecified atom stereocenters. The van der Waals surface area contributed by atoms with Gasteiger partial charge in [0.1, 0.15) is 0 Å². The molecule has 6 nitrogen and oxygen atoms in total. The molecule has 64 heavy (non-hydrogen) atoms. The number of rotatable bonds is 51. The van der Waals surface area contributed by atoms with Crippen LogP contribution in [0.2, 0.25) is 0 Å². The number of esters is 1. The van der Waals surface area contributed by atoms with Gasteiger partial charge in [-0.3, -0.25) is 9.59 Å². The molecule has 3 N–H and O–H groups in total. The van der Waals surface area contributed by atoms with E-state index in [1.54, 1.807) is 6.08 Å². The van der Waals surface area contributed by atoms with Crippen molar-refractivity contribution in [3.8, 4) is 0 Å². The van der Waals surface area contributed by atoms with Crippen molar-refractivity contribution in [1.29, 1.82) is 0 Å². The first kappa shape index (κ1) is 61.8. The summed E-state index contributed by atoms with van der Waals surface area (Å²) in [6, 6.07) is -0.639. The molecular weight excluding hydrogens is 791 g/mol. The Kier molecular flexibility index (Phi) is 51.6. The molecule has 2 atom stereocenters. The van der Waals surface area contributed by atoms with Gasteiger partial charge in [-0.05, 0) is 83.5 Å². The van der Waals surface area contributed by atoms with Crippen molar-refractivity contribution in [3.05, 3.63) is 48.6 Å². The predicted octanol–water partition coefficient (Wildman–Crippen LogP) is 17.0. The van der Waals surface area contributed by atoms with Crippen LogP contribution in [0.15, 0.2) is 48.6 Å². The third-order valence-electron chi connectivity index (χ3n) is 12.6. The van der Waals surface area contributed by atoms with Crippen molar-refractivity contribution in [2.45, 2.75) is 296 Å². The van der Waals surface area contributed by atoms with Crippen LogP contribution in [0.1, 0.15) is 284 Å². The maximum Gasteiger partial charge on any atom is 0.305 e. The molecule has 0 aliphatic heterocycles. The van der Waals surface area contributed by atoms with Crippen LogP contribution in [-0.2, 0) is 14.3 Å².